The zero-order valence-corrected chi connectivity index (χ0v) is 14.5. The van der Waals surface area contributed by atoms with Crippen LogP contribution in [0.2, 0.25) is 5.02 Å². The first-order chi connectivity index (χ1) is 9.69. The van der Waals surface area contributed by atoms with Crippen molar-refractivity contribution in [1.29, 1.82) is 0 Å². The van der Waals surface area contributed by atoms with Crippen LogP contribution in [0.15, 0.2) is 6.20 Å². The maximum atomic E-state index is 12.3. The van der Waals surface area contributed by atoms with Gasteiger partial charge in [0.25, 0.3) is 0 Å². The fourth-order valence-electron chi connectivity index (χ4n) is 2.50. The third kappa shape index (κ3) is 4.71. The number of rotatable bonds is 7. The smallest absolute Gasteiger partial charge is 0.326 e. The zero-order valence-electron chi connectivity index (χ0n) is 13.7. The van der Waals surface area contributed by atoms with Gasteiger partial charge in [-0.15, -0.1) is 0 Å². The minimum Gasteiger partial charge on any atom is -0.465 e. The normalized spacial score (nSPS) is 15.8. The topological polar surface area (TPSA) is 56.2 Å². The van der Waals surface area contributed by atoms with E-state index < -0.39 is 5.54 Å². The summed E-state index contributed by atoms with van der Waals surface area (Å²) in [6.07, 6.45) is 2.37. The van der Waals surface area contributed by atoms with E-state index in [4.69, 9.17) is 16.3 Å². The summed E-state index contributed by atoms with van der Waals surface area (Å²) < 4.78 is 7.02. The molecule has 21 heavy (non-hydrogen) atoms. The molecule has 1 aromatic heterocycles. The fraction of sp³-hybridized carbons (Fsp3) is 0.733. The molecule has 120 valence electrons. The first-order valence-corrected chi connectivity index (χ1v) is 7.73. The van der Waals surface area contributed by atoms with Crippen LogP contribution < -0.4 is 5.32 Å². The van der Waals surface area contributed by atoms with Crippen LogP contribution in [0.1, 0.15) is 52.8 Å². The van der Waals surface area contributed by atoms with Crippen LogP contribution in [0.5, 0.6) is 0 Å². The van der Waals surface area contributed by atoms with Crippen molar-refractivity contribution in [3.63, 3.8) is 0 Å². The Morgan fingerprint density at radius 1 is 1.52 bits per heavy atom. The highest BCUT2D eigenvalue weighted by molar-refractivity contribution is 6.31. The highest BCUT2D eigenvalue weighted by Crippen LogP contribution is 2.25. The number of carbonyl (C=O) groups is 1. The van der Waals surface area contributed by atoms with Gasteiger partial charge in [0.2, 0.25) is 0 Å². The number of nitrogens with zero attached hydrogens (tertiary/aromatic N) is 2. The van der Waals surface area contributed by atoms with E-state index >= 15 is 0 Å². The highest BCUT2D eigenvalue weighted by atomic mass is 35.5. The second-order valence-electron chi connectivity index (χ2n) is 5.95. The van der Waals surface area contributed by atoms with Crippen molar-refractivity contribution in [2.45, 2.75) is 65.6 Å². The Kier molecular flexibility index (Phi) is 6.23. The van der Waals surface area contributed by atoms with E-state index in [1.165, 1.54) is 0 Å². The van der Waals surface area contributed by atoms with Crippen LogP contribution in [-0.4, -0.2) is 33.9 Å². The van der Waals surface area contributed by atoms with Crippen LogP contribution >= 0.6 is 11.6 Å². The maximum absolute atomic E-state index is 12.3. The number of ether oxygens (including phenoxy) is 1. The molecule has 0 amide bonds. The summed E-state index contributed by atoms with van der Waals surface area (Å²) in [5.74, 6) is -0.236. The third-order valence-corrected chi connectivity index (χ3v) is 3.72. The Labute approximate surface area is 132 Å². The van der Waals surface area contributed by atoms with Gasteiger partial charge >= 0.3 is 5.97 Å². The lowest BCUT2D eigenvalue weighted by Gasteiger charge is -2.33. The maximum Gasteiger partial charge on any atom is 0.326 e. The van der Waals surface area contributed by atoms with Gasteiger partial charge < -0.3 is 4.74 Å². The Morgan fingerprint density at radius 2 is 2.14 bits per heavy atom. The van der Waals surface area contributed by atoms with Crippen molar-refractivity contribution in [3.8, 4) is 0 Å². The molecule has 6 heteroatoms. The van der Waals surface area contributed by atoms with Crippen LogP contribution in [0.25, 0.3) is 0 Å². The molecule has 0 fully saturated rings. The van der Waals surface area contributed by atoms with E-state index in [9.17, 15) is 4.79 Å². The Hall–Kier alpha value is -1.07. The molecule has 0 radical (unpaired) electrons. The van der Waals surface area contributed by atoms with Gasteiger partial charge in [-0.2, -0.15) is 5.10 Å². The van der Waals surface area contributed by atoms with Crippen LogP contribution in [0, 0.1) is 6.92 Å². The molecule has 2 atom stereocenters. The molecule has 0 saturated heterocycles. The van der Waals surface area contributed by atoms with E-state index in [0.29, 0.717) is 18.1 Å². The molecule has 2 unspecified atom stereocenters. The van der Waals surface area contributed by atoms with Gasteiger partial charge in [-0.05, 0) is 48.0 Å². The van der Waals surface area contributed by atoms with Crippen molar-refractivity contribution in [2.24, 2.45) is 0 Å². The predicted octanol–water partition coefficient (Wildman–Crippen LogP) is 3.12. The largest absolute Gasteiger partial charge is 0.465 e. The van der Waals surface area contributed by atoms with Crippen LogP contribution in [-0.2, 0) is 9.53 Å². The summed E-state index contributed by atoms with van der Waals surface area (Å²) in [5.41, 5.74) is 0.0359. The molecule has 0 aromatic carbocycles. The van der Waals surface area contributed by atoms with E-state index in [-0.39, 0.29) is 18.1 Å². The first-order valence-electron chi connectivity index (χ1n) is 7.35. The van der Waals surface area contributed by atoms with Crippen molar-refractivity contribution in [2.75, 3.05) is 6.61 Å². The zero-order chi connectivity index (χ0) is 16.2. The standard InChI is InChI=1S/C15H26ClN3O2/c1-7-21-14(20)15(6,17-10(2)3)8-11(4)19-9-13(16)12(5)18-19/h9-11,17H,7-8H2,1-6H3. The molecule has 0 aliphatic carbocycles. The fourth-order valence-corrected chi connectivity index (χ4v) is 2.64. The number of hydrogen-bond donors (Lipinski definition) is 1. The summed E-state index contributed by atoms with van der Waals surface area (Å²) in [6.45, 7) is 12.0. The van der Waals surface area contributed by atoms with Gasteiger partial charge in [0, 0.05) is 12.2 Å². The monoisotopic (exact) mass is 315 g/mol. The summed E-state index contributed by atoms with van der Waals surface area (Å²) in [6, 6.07) is 0.200. The molecular weight excluding hydrogens is 290 g/mol. The van der Waals surface area contributed by atoms with Crippen molar-refractivity contribution in [3.05, 3.63) is 16.9 Å². The van der Waals surface area contributed by atoms with Crippen molar-refractivity contribution in [1.82, 2.24) is 15.1 Å². The van der Waals surface area contributed by atoms with Crippen molar-refractivity contribution < 1.29 is 9.53 Å². The number of hydrogen-bond acceptors (Lipinski definition) is 4. The molecule has 5 nitrogen and oxygen atoms in total. The van der Waals surface area contributed by atoms with Gasteiger partial charge in [-0.1, -0.05) is 11.6 Å². The number of nitrogens with one attached hydrogen (secondary N) is 1. The molecule has 1 N–H and O–H groups in total. The van der Waals surface area contributed by atoms with E-state index in [0.717, 1.165) is 5.69 Å². The Bertz CT molecular complexity index is 468. The molecular formula is C15H26ClN3O2. The van der Waals surface area contributed by atoms with E-state index in [2.05, 4.69) is 10.4 Å². The lowest BCUT2D eigenvalue weighted by Crippen LogP contribution is -2.54. The molecule has 0 bridgehead atoms. The summed E-state index contributed by atoms with van der Waals surface area (Å²) in [4.78, 5) is 12.3. The predicted molar refractivity (Wildman–Crippen MR) is 84.6 cm³/mol. The molecule has 1 rings (SSSR count). The Morgan fingerprint density at radius 3 is 2.57 bits per heavy atom. The van der Waals surface area contributed by atoms with Gasteiger partial charge in [0.1, 0.15) is 5.54 Å². The minimum absolute atomic E-state index is 0.0249. The summed E-state index contributed by atoms with van der Waals surface area (Å²) >= 11 is 6.05. The van der Waals surface area contributed by atoms with Gasteiger partial charge in [0.15, 0.2) is 0 Å². The molecule has 0 aliphatic rings. The number of aryl methyl sites for hydroxylation is 1. The van der Waals surface area contributed by atoms with E-state index in [1.54, 1.807) is 10.9 Å². The number of aromatic nitrogens is 2. The third-order valence-electron chi connectivity index (χ3n) is 3.35. The molecule has 0 saturated carbocycles. The second-order valence-corrected chi connectivity index (χ2v) is 6.35. The molecule has 1 heterocycles. The van der Waals surface area contributed by atoms with Gasteiger partial charge in [-0.3, -0.25) is 14.8 Å². The number of carbonyl (C=O) groups excluding carboxylic acids is 1. The number of halogens is 1. The summed E-state index contributed by atoms with van der Waals surface area (Å²) in [5, 5.41) is 8.33. The van der Waals surface area contributed by atoms with Crippen molar-refractivity contribution >= 4 is 17.6 Å². The average molecular weight is 316 g/mol. The molecule has 1 aromatic rings. The Balaban J connectivity index is 2.92. The lowest BCUT2D eigenvalue weighted by atomic mass is 9.92. The summed E-state index contributed by atoms with van der Waals surface area (Å²) in [7, 11) is 0. The quantitative estimate of drug-likeness (QED) is 0.785. The highest BCUT2D eigenvalue weighted by Gasteiger charge is 2.37. The van der Waals surface area contributed by atoms with Crippen LogP contribution in [0.4, 0.5) is 0 Å². The first kappa shape index (κ1) is 18.0. The number of esters is 1. The SMILES string of the molecule is CCOC(=O)C(C)(CC(C)n1cc(Cl)c(C)n1)NC(C)C. The van der Waals surface area contributed by atoms with Gasteiger partial charge in [-0.25, -0.2) is 0 Å². The second kappa shape index (κ2) is 7.27. The lowest BCUT2D eigenvalue weighted by molar-refractivity contribution is -0.151. The van der Waals surface area contributed by atoms with Gasteiger partial charge in [0.05, 0.1) is 23.4 Å². The van der Waals surface area contributed by atoms with E-state index in [1.807, 2.05) is 41.5 Å². The average Bonchev–Trinajstić information content (AvgIpc) is 2.69. The molecule has 0 spiro atoms. The minimum atomic E-state index is -0.754. The molecule has 0 aliphatic heterocycles. The van der Waals surface area contributed by atoms with Crippen LogP contribution in [0.3, 0.4) is 0 Å².